The van der Waals surface area contributed by atoms with Crippen LogP contribution in [0.1, 0.15) is 25.0 Å². The van der Waals surface area contributed by atoms with Gasteiger partial charge in [0.25, 0.3) is 5.56 Å². The summed E-state index contributed by atoms with van der Waals surface area (Å²) in [5.74, 6) is 0.476. The van der Waals surface area contributed by atoms with Crippen molar-refractivity contribution in [1.29, 1.82) is 0 Å². The number of thioether (sulfide) groups is 1. The highest BCUT2D eigenvalue weighted by Crippen LogP contribution is 2.36. The number of hydrogen-bond donors (Lipinski definition) is 1. The summed E-state index contributed by atoms with van der Waals surface area (Å²) in [6, 6.07) is 10.6. The number of fused-ring (bicyclic) bond motifs is 4. The molecule has 2 bridgehead atoms. The molecule has 0 saturated carbocycles. The molecule has 9 heteroatoms. The number of piperidine rings is 1. The van der Waals surface area contributed by atoms with E-state index in [0.29, 0.717) is 26.0 Å². The quantitative estimate of drug-likeness (QED) is 0.648. The third kappa shape index (κ3) is 4.40. The van der Waals surface area contributed by atoms with Crippen molar-refractivity contribution >= 4 is 63.1 Å². The van der Waals surface area contributed by atoms with Gasteiger partial charge in [-0.15, -0.1) is 0 Å². The van der Waals surface area contributed by atoms with E-state index < -0.39 is 0 Å². The molecule has 1 aromatic carbocycles. The van der Waals surface area contributed by atoms with Gasteiger partial charge in [0.1, 0.15) is 4.32 Å². The van der Waals surface area contributed by atoms with Crippen molar-refractivity contribution < 1.29 is 4.79 Å². The minimum absolute atomic E-state index is 0.0672. The first-order valence-electron chi connectivity index (χ1n) is 9.73. The Labute approximate surface area is 194 Å². The molecular weight excluding hydrogens is 461 g/mol. The third-order valence-corrected chi connectivity index (χ3v) is 7.99. The summed E-state index contributed by atoms with van der Waals surface area (Å²) in [5.41, 5.74) is 1.64. The molecule has 1 saturated heterocycles. The van der Waals surface area contributed by atoms with Crippen molar-refractivity contribution in [2.24, 2.45) is 5.92 Å². The average molecular weight is 482 g/mol. The molecule has 1 N–H and O–H groups in total. The van der Waals surface area contributed by atoms with Crippen LogP contribution in [0.2, 0.25) is 10.0 Å². The molecule has 1 fully saturated rings. The lowest BCUT2D eigenvalue weighted by Crippen LogP contribution is -2.48. The second-order valence-electron chi connectivity index (χ2n) is 7.72. The van der Waals surface area contributed by atoms with E-state index in [4.69, 9.17) is 35.4 Å². The lowest BCUT2D eigenvalue weighted by Gasteiger charge is -2.43. The summed E-state index contributed by atoms with van der Waals surface area (Å²) in [6.45, 7) is 4.11. The molecule has 3 heterocycles. The van der Waals surface area contributed by atoms with Gasteiger partial charge in [0, 0.05) is 37.3 Å². The molecule has 30 heavy (non-hydrogen) atoms. The summed E-state index contributed by atoms with van der Waals surface area (Å²) in [4.78, 5) is 27.0. The minimum atomic E-state index is -0.385. The highest BCUT2D eigenvalue weighted by Gasteiger charge is 2.36. The summed E-state index contributed by atoms with van der Waals surface area (Å²) in [6.07, 6.45) is 1.07. The van der Waals surface area contributed by atoms with Crippen LogP contribution in [-0.4, -0.2) is 38.0 Å². The number of likely N-dealkylation sites (tertiary alicyclic amines) is 1. The van der Waals surface area contributed by atoms with Crippen LogP contribution in [0.15, 0.2) is 41.2 Å². The highest BCUT2D eigenvalue weighted by atomic mass is 35.5. The number of amides is 1. The topological polar surface area (TPSA) is 54.3 Å². The zero-order valence-corrected chi connectivity index (χ0v) is 19.5. The Kier molecular flexibility index (Phi) is 6.44. The standard InChI is InChI=1S/C21H21Cl2N3O2S2/c1-12(20(28)24-16-5-2-4-15(22)19(16)23)30-21(29)25-9-13-8-14(11-25)17-6-3-7-18(27)26(17)10-13/h2-7,12-14H,8-11H2,1H3,(H,24,28)/t12-,13+,14+/m1/s1. The number of halogens is 2. The maximum absolute atomic E-state index is 12.6. The van der Waals surface area contributed by atoms with Crippen LogP contribution in [0.5, 0.6) is 0 Å². The molecule has 4 rings (SSSR count). The third-order valence-electron chi connectivity index (χ3n) is 5.59. The van der Waals surface area contributed by atoms with Crippen molar-refractivity contribution in [3.05, 3.63) is 62.5 Å². The predicted octanol–water partition coefficient (Wildman–Crippen LogP) is 4.62. The van der Waals surface area contributed by atoms with Gasteiger partial charge in [-0.25, -0.2) is 0 Å². The number of nitrogens with one attached hydrogen (secondary N) is 1. The molecule has 1 aromatic heterocycles. The molecule has 0 unspecified atom stereocenters. The largest absolute Gasteiger partial charge is 0.356 e. The van der Waals surface area contributed by atoms with Gasteiger partial charge < -0.3 is 14.8 Å². The molecule has 158 valence electrons. The van der Waals surface area contributed by atoms with E-state index in [0.717, 1.165) is 31.7 Å². The van der Waals surface area contributed by atoms with Gasteiger partial charge in [-0.2, -0.15) is 0 Å². The monoisotopic (exact) mass is 481 g/mol. The molecule has 2 aliphatic rings. The lowest BCUT2D eigenvalue weighted by atomic mass is 9.83. The van der Waals surface area contributed by atoms with E-state index in [-0.39, 0.29) is 22.6 Å². The number of benzene rings is 1. The smallest absolute Gasteiger partial charge is 0.250 e. The molecule has 2 aliphatic heterocycles. The first kappa shape index (κ1) is 21.7. The Bertz CT molecular complexity index is 1060. The number of rotatable bonds is 3. The number of nitrogens with zero attached hydrogens (tertiary/aromatic N) is 2. The van der Waals surface area contributed by atoms with Gasteiger partial charge in [-0.05, 0) is 37.5 Å². The van der Waals surface area contributed by atoms with Crippen LogP contribution in [0.3, 0.4) is 0 Å². The number of pyridine rings is 1. The maximum Gasteiger partial charge on any atom is 0.250 e. The van der Waals surface area contributed by atoms with Gasteiger partial charge >= 0.3 is 0 Å². The summed E-state index contributed by atoms with van der Waals surface area (Å²) in [7, 11) is 0. The Balaban J connectivity index is 1.40. The Morgan fingerprint density at radius 3 is 2.77 bits per heavy atom. The summed E-state index contributed by atoms with van der Waals surface area (Å²) in [5, 5.41) is 3.16. The number of hydrogen-bond acceptors (Lipinski definition) is 4. The van der Waals surface area contributed by atoms with Crippen LogP contribution in [0.25, 0.3) is 0 Å². The minimum Gasteiger partial charge on any atom is -0.356 e. The fraction of sp³-hybridized carbons (Fsp3) is 0.381. The maximum atomic E-state index is 12.6. The first-order valence-corrected chi connectivity index (χ1v) is 11.8. The molecule has 2 aromatic rings. The van der Waals surface area contributed by atoms with E-state index in [1.165, 1.54) is 11.8 Å². The number of anilines is 1. The zero-order chi connectivity index (χ0) is 21.4. The molecule has 0 aliphatic carbocycles. The lowest BCUT2D eigenvalue weighted by molar-refractivity contribution is -0.115. The van der Waals surface area contributed by atoms with Crippen LogP contribution in [0.4, 0.5) is 5.69 Å². The van der Waals surface area contributed by atoms with Gasteiger partial charge in [0.2, 0.25) is 5.91 Å². The van der Waals surface area contributed by atoms with Crippen molar-refractivity contribution in [3.8, 4) is 0 Å². The van der Waals surface area contributed by atoms with Gasteiger partial charge in [-0.1, -0.05) is 59.3 Å². The van der Waals surface area contributed by atoms with E-state index in [1.54, 1.807) is 24.3 Å². The first-order chi connectivity index (χ1) is 14.3. The number of aromatic nitrogens is 1. The SMILES string of the molecule is C[C@@H](SC(=S)N1C[C@@H]2C[C@@H](C1)c1cccc(=O)n1C2)C(=O)Nc1cccc(Cl)c1Cl. The van der Waals surface area contributed by atoms with Crippen molar-refractivity contribution in [3.63, 3.8) is 0 Å². The van der Waals surface area contributed by atoms with Crippen molar-refractivity contribution in [2.75, 3.05) is 18.4 Å². The van der Waals surface area contributed by atoms with Crippen LogP contribution in [0, 0.1) is 5.92 Å². The summed E-state index contributed by atoms with van der Waals surface area (Å²) < 4.78 is 2.60. The Morgan fingerprint density at radius 2 is 1.97 bits per heavy atom. The van der Waals surface area contributed by atoms with Gasteiger partial charge in [-0.3, -0.25) is 9.59 Å². The molecular formula is C21H21Cl2N3O2S2. The highest BCUT2D eigenvalue weighted by molar-refractivity contribution is 8.23. The normalized spacial score (nSPS) is 21.0. The van der Waals surface area contributed by atoms with E-state index >= 15 is 0 Å². The van der Waals surface area contributed by atoms with Gasteiger partial charge in [0.15, 0.2) is 0 Å². The summed E-state index contributed by atoms with van der Waals surface area (Å²) >= 11 is 19.2. The van der Waals surface area contributed by atoms with E-state index in [9.17, 15) is 9.59 Å². The van der Waals surface area contributed by atoms with Crippen LogP contribution in [-0.2, 0) is 11.3 Å². The molecule has 0 spiro atoms. The number of carbonyl (C=O) groups is 1. The van der Waals surface area contributed by atoms with Crippen LogP contribution < -0.4 is 10.9 Å². The van der Waals surface area contributed by atoms with Crippen molar-refractivity contribution in [2.45, 2.75) is 31.1 Å². The number of carbonyl (C=O) groups excluding carboxylic acids is 1. The predicted molar refractivity (Wildman–Crippen MR) is 128 cm³/mol. The van der Waals surface area contributed by atoms with Crippen molar-refractivity contribution in [1.82, 2.24) is 9.47 Å². The Hall–Kier alpha value is -1.54. The molecule has 0 radical (unpaired) electrons. The fourth-order valence-corrected chi connectivity index (χ4v) is 5.86. The average Bonchev–Trinajstić information content (AvgIpc) is 2.72. The second-order valence-corrected chi connectivity index (χ2v) is 10.5. The Morgan fingerprint density at radius 1 is 1.20 bits per heavy atom. The van der Waals surface area contributed by atoms with Gasteiger partial charge in [0.05, 0.1) is 21.0 Å². The molecule has 5 nitrogen and oxygen atoms in total. The molecule has 1 amide bonds. The van der Waals surface area contributed by atoms with E-state index in [1.807, 2.05) is 23.6 Å². The number of thiocarbonyl (C=S) groups is 1. The molecule has 3 atom stereocenters. The van der Waals surface area contributed by atoms with E-state index in [2.05, 4.69) is 10.2 Å². The fourth-order valence-electron chi connectivity index (χ4n) is 4.16. The van der Waals surface area contributed by atoms with Crippen LogP contribution >= 0.6 is 47.2 Å². The zero-order valence-electron chi connectivity index (χ0n) is 16.3. The second kappa shape index (κ2) is 8.91.